The lowest BCUT2D eigenvalue weighted by molar-refractivity contribution is 0.414. The van der Waals surface area contributed by atoms with Crippen molar-refractivity contribution in [1.29, 1.82) is 0 Å². The molecule has 2 aromatic carbocycles. The highest BCUT2D eigenvalue weighted by atomic mass is 79.9. The van der Waals surface area contributed by atoms with Crippen LogP contribution in [0.1, 0.15) is 5.56 Å². The van der Waals surface area contributed by atoms with E-state index in [1.54, 1.807) is 25.3 Å². The van der Waals surface area contributed by atoms with E-state index in [1.165, 1.54) is 4.80 Å². The number of nitrogens with zero attached hydrogens (tertiary/aromatic N) is 4. The summed E-state index contributed by atoms with van der Waals surface area (Å²) >= 11 is 3.46. The fraction of sp³-hybridized carbons (Fsp3) is 0.111. The first-order chi connectivity index (χ1) is 12.6. The summed E-state index contributed by atoms with van der Waals surface area (Å²) in [5.41, 5.74) is 1.26. The Balaban J connectivity index is 1.67. The molecular weight excluding hydrogens is 400 g/mol. The zero-order valence-electron chi connectivity index (χ0n) is 13.7. The quantitative estimate of drug-likeness (QED) is 0.478. The molecule has 0 atom stereocenters. The SMILES string of the molecule is COc1ccc(Cn2nnc(-c3cc4c(Br)cccc4oc3=O)n2)cc1. The lowest BCUT2D eigenvalue weighted by Crippen LogP contribution is -2.06. The van der Waals surface area contributed by atoms with Gasteiger partial charge in [-0.1, -0.05) is 34.1 Å². The van der Waals surface area contributed by atoms with Crippen LogP contribution in [-0.4, -0.2) is 27.3 Å². The van der Waals surface area contributed by atoms with E-state index in [9.17, 15) is 4.79 Å². The molecule has 0 radical (unpaired) electrons. The van der Waals surface area contributed by atoms with Crippen LogP contribution in [0.2, 0.25) is 0 Å². The van der Waals surface area contributed by atoms with Crippen molar-refractivity contribution in [3.63, 3.8) is 0 Å². The van der Waals surface area contributed by atoms with Crippen molar-refractivity contribution in [2.45, 2.75) is 6.54 Å². The highest BCUT2D eigenvalue weighted by molar-refractivity contribution is 9.10. The molecule has 26 heavy (non-hydrogen) atoms. The van der Waals surface area contributed by atoms with Crippen molar-refractivity contribution in [3.05, 3.63) is 69.0 Å². The zero-order chi connectivity index (χ0) is 18.1. The van der Waals surface area contributed by atoms with E-state index in [0.717, 1.165) is 21.2 Å². The van der Waals surface area contributed by atoms with Gasteiger partial charge in [-0.15, -0.1) is 10.2 Å². The Morgan fingerprint density at radius 3 is 2.77 bits per heavy atom. The van der Waals surface area contributed by atoms with Gasteiger partial charge in [0.2, 0.25) is 5.82 Å². The average molecular weight is 413 g/mol. The largest absolute Gasteiger partial charge is 0.497 e. The van der Waals surface area contributed by atoms with Crippen molar-refractivity contribution < 1.29 is 9.15 Å². The zero-order valence-corrected chi connectivity index (χ0v) is 15.3. The molecule has 7 nitrogen and oxygen atoms in total. The van der Waals surface area contributed by atoms with Crippen LogP contribution in [0.3, 0.4) is 0 Å². The van der Waals surface area contributed by atoms with E-state index < -0.39 is 5.63 Å². The first-order valence-corrected chi connectivity index (χ1v) is 8.57. The number of methoxy groups -OCH3 is 1. The minimum absolute atomic E-state index is 0.227. The van der Waals surface area contributed by atoms with Gasteiger partial charge in [-0.05, 0) is 41.1 Å². The van der Waals surface area contributed by atoms with E-state index in [2.05, 4.69) is 31.3 Å². The number of rotatable bonds is 4. The second-order valence-electron chi connectivity index (χ2n) is 5.59. The Kier molecular flexibility index (Phi) is 4.26. The Hall–Kier alpha value is -3.00. The van der Waals surface area contributed by atoms with E-state index in [-0.39, 0.29) is 11.4 Å². The van der Waals surface area contributed by atoms with Crippen LogP contribution in [0.5, 0.6) is 5.75 Å². The van der Waals surface area contributed by atoms with Gasteiger partial charge in [0.1, 0.15) is 16.9 Å². The maximum Gasteiger partial charge on any atom is 0.347 e. The number of ether oxygens (including phenoxy) is 1. The summed E-state index contributed by atoms with van der Waals surface area (Å²) in [7, 11) is 1.62. The molecular formula is C18H13BrN4O3. The normalized spacial score (nSPS) is 11.0. The van der Waals surface area contributed by atoms with E-state index in [0.29, 0.717) is 12.1 Å². The maximum absolute atomic E-state index is 12.3. The van der Waals surface area contributed by atoms with Crippen molar-refractivity contribution in [1.82, 2.24) is 20.2 Å². The van der Waals surface area contributed by atoms with Crippen LogP contribution >= 0.6 is 15.9 Å². The third-order valence-corrected chi connectivity index (χ3v) is 4.59. The number of fused-ring (bicyclic) bond motifs is 1. The van der Waals surface area contributed by atoms with Gasteiger partial charge in [-0.3, -0.25) is 0 Å². The van der Waals surface area contributed by atoms with Crippen LogP contribution in [0.25, 0.3) is 22.4 Å². The summed E-state index contributed by atoms with van der Waals surface area (Å²) in [6.45, 7) is 0.430. The number of benzene rings is 2. The van der Waals surface area contributed by atoms with Crippen LogP contribution < -0.4 is 10.4 Å². The molecule has 2 aromatic heterocycles. The van der Waals surface area contributed by atoms with Crippen molar-refractivity contribution in [2.75, 3.05) is 7.11 Å². The third kappa shape index (κ3) is 3.11. The van der Waals surface area contributed by atoms with Gasteiger partial charge in [0.25, 0.3) is 0 Å². The summed E-state index contributed by atoms with van der Waals surface area (Å²) < 4.78 is 11.3. The Labute approximate surface area is 156 Å². The predicted molar refractivity (Wildman–Crippen MR) is 99.1 cm³/mol. The van der Waals surface area contributed by atoms with Gasteiger partial charge >= 0.3 is 5.63 Å². The van der Waals surface area contributed by atoms with Crippen LogP contribution in [-0.2, 0) is 6.54 Å². The second-order valence-corrected chi connectivity index (χ2v) is 6.45. The molecule has 0 saturated carbocycles. The second kappa shape index (κ2) is 6.72. The molecule has 0 aliphatic carbocycles. The molecule has 4 aromatic rings. The fourth-order valence-corrected chi connectivity index (χ4v) is 3.04. The van der Waals surface area contributed by atoms with Gasteiger partial charge < -0.3 is 9.15 Å². The molecule has 8 heteroatoms. The molecule has 0 aliphatic rings. The van der Waals surface area contributed by atoms with E-state index in [4.69, 9.17) is 9.15 Å². The van der Waals surface area contributed by atoms with Crippen molar-refractivity contribution in [3.8, 4) is 17.1 Å². The molecule has 2 heterocycles. The number of hydrogen-bond donors (Lipinski definition) is 0. The van der Waals surface area contributed by atoms with Crippen LogP contribution in [0, 0.1) is 0 Å². The average Bonchev–Trinajstić information content (AvgIpc) is 3.10. The lowest BCUT2D eigenvalue weighted by atomic mass is 10.2. The van der Waals surface area contributed by atoms with Crippen molar-refractivity contribution >= 4 is 26.9 Å². The topological polar surface area (TPSA) is 83.0 Å². The Bertz CT molecular complexity index is 1140. The Morgan fingerprint density at radius 1 is 1.19 bits per heavy atom. The molecule has 0 amide bonds. The van der Waals surface area contributed by atoms with Gasteiger partial charge in [0.15, 0.2) is 0 Å². The summed E-state index contributed by atoms with van der Waals surface area (Å²) in [5.74, 6) is 1.00. The standard InChI is InChI=1S/C18H13BrN4O3/c1-25-12-7-5-11(6-8-12)10-23-21-17(20-22-23)14-9-13-15(19)3-2-4-16(13)26-18(14)24/h2-9H,10H2,1H3. The highest BCUT2D eigenvalue weighted by Gasteiger charge is 2.14. The molecule has 0 bridgehead atoms. The molecule has 0 unspecified atom stereocenters. The predicted octanol–water partition coefficient (Wildman–Crippen LogP) is 3.27. The lowest BCUT2D eigenvalue weighted by Gasteiger charge is -2.02. The third-order valence-electron chi connectivity index (χ3n) is 3.90. The Morgan fingerprint density at radius 2 is 2.00 bits per heavy atom. The van der Waals surface area contributed by atoms with Gasteiger partial charge in [0.05, 0.1) is 13.7 Å². The molecule has 0 fully saturated rings. The maximum atomic E-state index is 12.3. The van der Waals surface area contributed by atoms with Crippen LogP contribution in [0.4, 0.5) is 0 Å². The summed E-state index contributed by atoms with van der Waals surface area (Å²) in [6, 6.07) is 14.7. The van der Waals surface area contributed by atoms with Crippen molar-refractivity contribution in [2.24, 2.45) is 0 Å². The monoisotopic (exact) mass is 412 g/mol. The smallest absolute Gasteiger partial charge is 0.347 e. The fourth-order valence-electron chi connectivity index (χ4n) is 2.57. The highest BCUT2D eigenvalue weighted by Crippen LogP contribution is 2.25. The molecule has 4 rings (SSSR count). The minimum Gasteiger partial charge on any atom is -0.497 e. The summed E-state index contributed by atoms with van der Waals surface area (Å²) in [5, 5.41) is 13.1. The molecule has 0 saturated heterocycles. The summed E-state index contributed by atoms with van der Waals surface area (Å²) in [4.78, 5) is 13.7. The van der Waals surface area contributed by atoms with Gasteiger partial charge in [0, 0.05) is 9.86 Å². The first-order valence-electron chi connectivity index (χ1n) is 7.77. The first kappa shape index (κ1) is 16.5. The molecule has 130 valence electrons. The molecule has 0 N–H and O–H groups in total. The summed E-state index contributed by atoms with van der Waals surface area (Å²) in [6.07, 6.45) is 0. The number of hydrogen-bond acceptors (Lipinski definition) is 6. The van der Waals surface area contributed by atoms with E-state index >= 15 is 0 Å². The van der Waals surface area contributed by atoms with Gasteiger partial charge in [-0.2, -0.15) is 4.80 Å². The number of halogens is 1. The number of tetrazole rings is 1. The van der Waals surface area contributed by atoms with E-state index in [1.807, 2.05) is 30.3 Å². The van der Waals surface area contributed by atoms with Crippen LogP contribution in [0.15, 0.2) is 62.2 Å². The minimum atomic E-state index is -0.500. The molecule has 0 aliphatic heterocycles. The number of aromatic nitrogens is 4. The van der Waals surface area contributed by atoms with Gasteiger partial charge in [-0.25, -0.2) is 4.79 Å². The molecule has 0 spiro atoms.